The molecule has 0 aliphatic carbocycles. The standard InChI is InChI=1S/C15H21N3O3S/c1-9-3-6-22-12(9)8-17-4-5-18-11(7-17)14(20)16-13(10(2)19)15(18)21/h3,6,10-11,13,19H,4-5,7-8H2,1-2H3,(H,16,20)/t10-,11+,13+/m0/s1. The summed E-state index contributed by atoms with van der Waals surface area (Å²) in [6, 6.07) is 0.840. The van der Waals surface area contributed by atoms with Crippen LogP contribution >= 0.6 is 11.3 Å². The number of piperazine rings is 2. The maximum absolute atomic E-state index is 12.4. The van der Waals surface area contributed by atoms with Crippen LogP contribution in [0.1, 0.15) is 17.4 Å². The molecule has 3 heterocycles. The molecule has 0 radical (unpaired) electrons. The Morgan fingerprint density at radius 2 is 2.23 bits per heavy atom. The Morgan fingerprint density at radius 3 is 2.86 bits per heavy atom. The van der Waals surface area contributed by atoms with Gasteiger partial charge in [0.15, 0.2) is 0 Å². The average Bonchev–Trinajstić information content (AvgIpc) is 2.88. The second kappa shape index (κ2) is 5.98. The maximum Gasteiger partial charge on any atom is 0.248 e. The van der Waals surface area contributed by atoms with Gasteiger partial charge in [0.2, 0.25) is 11.8 Å². The molecule has 0 saturated carbocycles. The number of nitrogens with zero attached hydrogens (tertiary/aromatic N) is 2. The molecule has 1 aromatic heterocycles. The lowest BCUT2D eigenvalue weighted by Gasteiger charge is -2.45. The first-order valence-electron chi connectivity index (χ1n) is 7.51. The Labute approximate surface area is 133 Å². The van der Waals surface area contributed by atoms with Gasteiger partial charge in [-0.25, -0.2) is 0 Å². The van der Waals surface area contributed by atoms with Gasteiger partial charge in [-0.2, -0.15) is 0 Å². The number of nitrogens with one attached hydrogen (secondary N) is 1. The zero-order valence-corrected chi connectivity index (χ0v) is 13.6. The SMILES string of the molecule is Cc1ccsc1CN1CCN2C(=O)[C@@H]([C@H](C)O)NC(=O)[C@H]2C1. The molecule has 1 aromatic rings. The number of amides is 2. The van der Waals surface area contributed by atoms with Crippen molar-refractivity contribution in [3.8, 4) is 0 Å². The van der Waals surface area contributed by atoms with Crippen LogP contribution in [0.5, 0.6) is 0 Å². The van der Waals surface area contributed by atoms with E-state index in [1.807, 2.05) is 0 Å². The molecule has 3 rings (SSSR count). The van der Waals surface area contributed by atoms with Crippen molar-refractivity contribution in [3.05, 3.63) is 21.9 Å². The Hall–Kier alpha value is -1.44. The summed E-state index contributed by atoms with van der Waals surface area (Å²) in [7, 11) is 0. The minimum absolute atomic E-state index is 0.168. The van der Waals surface area contributed by atoms with Crippen LogP contribution in [0.4, 0.5) is 0 Å². The van der Waals surface area contributed by atoms with Crippen molar-refractivity contribution in [2.24, 2.45) is 0 Å². The predicted molar refractivity (Wildman–Crippen MR) is 83.4 cm³/mol. The summed E-state index contributed by atoms with van der Waals surface area (Å²) in [5.41, 5.74) is 1.27. The Morgan fingerprint density at radius 1 is 1.45 bits per heavy atom. The molecule has 2 amide bonds. The molecule has 2 N–H and O–H groups in total. The smallest absolute Gasteiger partial charge is 0.248 e. The third kappa shape index (κ3) is 2.76. The number of aryl methyl sites for hydroxylation is 1. The van der Waals surface area contributed by atoms with Gasteiger partial charge in [0.25, 0.3) is 0 Å². The van der Waals surface area contributed by atoms with Crippen LogP contribution in [0.25, 0.3) is 0 Å². The number of rotatable bonds is 3. The highest BCUT2D eigenvalue weighted by Crippen LogP contribution is 2.22. The van der Waals surface area contributed by atoms with Crippen LogP contribution in [0, 0.1) is 6.92 Å². The summed E-state index contributed by atoms with van der Waals surface area (Å²) >= 11 is 1.72. The number of aliphatic hydroxyl groups is 1. The Bertz CT molecular complexity index is 586. The fourth-order valence-corrected chi connectivity index (χ4v) is 4.00. The second-order valence-corrected chi connectivity index (χ2v) is 7.04. The molecular weight excluding hydrogens is 302 g/mol. The lowest BCUT2D eigenvalue weighted by Crippen LogP contribution is -2.70. The van der Waals surface area contributed by atoms with E-state index in [4.69, 9.17) is 0 Å². The van der Waals surface area contributed by atoms with E-state index in [0.717, 1.165) is 13.1 Å². The Kier molecular flexibility index (Phi) is 4.20. The highest BCUT2D eigenvalue weighted by atomic mass is 32.1. The predicted octanol–water partition coefficient (Wildman–Crippen LogP) is -0.0515. The summed E-state index contributed by atoms with van der Waals surface area (Å²) < 4.78 is 0. The summed E-state index contributed by atoms with van der Waals surface area (Å²) in [6.45, 7) is 6.26. The van der Waals surface area contributed by atoms with E-state index >= 15 is 0 Å². The first kappa shape index (κ1) is 15.5. The number of thiophene rings is 1. The number of hydrogen-bond acceptors (Lipinski definition) is 5. The van der Waals surface area contributed by atoms with Crippen LogP contribution in [0.15, 0.2) is 11.4 Å². The molecule has 6 nitrogen and oxygen atoms in total. The van der Waals surface area contributed by atoms with Crippen molar-refractivity contribution in [3.63, 3.8) is 0 Å². The van der Waals surface area contributed by atoms with Crippen molar-refractivity contribution >= 4 is 23.2 Å². The molecular formula is C15H21N3O3S. The van der Waals surface area contributed by atoms with Crippen molar-refractivity contribution in [1.29, 1.82) is 0 Å². The zero-order chi connectivity index (χ0) is 15.9. The second-order valence-electron chi connectivity index (χ2n) is 6.04. The largest absolute Gasteiger partial charge is 0.391 e. The zero-order valence-electron chi connectivity index (χ0n) is 12.8. The van der Waals surface area contributed by atoms with Gasteiger partial charge in [-0.05, 0) is 30.9 Å². The van der Waals surface area contributed by atoms with Crippen LogP contribution in [0.3, 0.4) is 0 Å². The number of fused-ring (bicyclic) bond motifs is 1. The summed E-state index contributed by atoms with van der Waals surface area (Å²) in [6.07, 6.45) is -0.871. The highest BCUT2D eigenvalue weighted by Gasteiger charge is 2.44. The molecule has 0 aromatic carbocycles. The highest BCUT2D eigenvalue weighted by molar-refractivity contribution is 7.10. The van der Waals surface area contributed by atoms with Gasteiger partial charge in [0.1, 0.15) is 12.1 Å². The monoisotopic (exact) mass is 323 g/mol. The molecule has 2 saturated heterocycles. The topological polar surface area (TPSA) is 72.9 Å². The van der Waals surface area contributed by atoms with Gasteiger partial charge in [0, 0.05) is 31.1 Å². The Balaban J connectivity index is 1.70. The fourth-order valence-electron chi connectivity index (χ4n) is 3.06. The van der Waals surface area contributed by atoms with E-state index in [2.05, 4.69) is 28.6 Å². The third-order valence-corrected chi connectivity index (χ3v) is 5.44. The first-order chi connectivity index (χ1) is 10.5. The van der Waals surface area contributed by atoms with E-state index in [1.54, 1.807) is 16.2 Å². The lowest BCUT2D eigenvalue weighted by molar-refractivity contribution is -0.156. The molecule has 2 fully saturated rings. The van der Waals surface area contributed by atoms with Gasteiger partial charge in [-0.15, -0.1) is 11.3 Å². The van der Waals surface area contributed by atoms with Gasteiger partial charge in [-0.3, -0.25) is 14.5 Å². The van der Waals surface area contributed by atoms with E-state index in [-0.39, 0.29) is 11.8 Å². The molecule has 2 aliphatic heterocycles. The summed E-state index contributed by atoms with van der Waals surface area (Å²) in [4.78, 5) is 29.8. The molecule has 120 valence electrons. The van der Waals surface area contributed by atoms with Crippen LogP contribution in [-0.4, -0.2) is 64.5 Å². The van der Waals surface area contributed by atoms with Crippen LogP contribution in [0.2, 0.25) is 0 Å². The van der Waals surface area contributed by atoms with Crippen molar-refractivity contribution in [2.45, 2.75) is 38.6 Å². The van der Waals surface area contributed by atoms with Gasteiger partial charge >= 0.3 is 0 Å². The fraction of sp³-hybridized carbons (Fsp3) is 0.600. The number of carbonyl (C=O) groups is 2. The molecule has 0 unspecified atom stereocenters. The minimum Gasteiger partial charge on any atom is -0.391 e. The molecule has 0 bridgehead atoms. The molecule has 0 spiro atoms. The normalized spacial score (nSPS) is 27.5. The quantitative estimate of drug-likeness (QED) is 0.818. The molecule has 7 heteroatoms. The van der Waals surface area contributed by atoms with Crippen molar-refractivity contribution in [1.82, 2.24) is 15.1 Å². The van der Waals surface area contributed by atoms with Crippen molar-refractivity contribution in [2.75, 3.05) is 19.6 Å². The first-order valence-corrected chi connectivity index (χ1v) is 8.39. The lowest BCUT2D eigenvalue weighted by atomic mass is 10.0. The van der Waals surface area contributed by atoms with Crippen molar-refractivity contribution < 1.29 is 14.7 Å². The average molecular weight is 323 g/mol. The van der Waals surface area contributed by atoms with Crippen LogP contribution < -0.4 is 5.32 Å². The summed E-state index contributed by atoms with van der Waals surface area (Å²) in [5, 5.41) is 14.4. The third-order valence-electron chi connectivity index (χ3n) is 4.43. The van der Waals surface area contributed by atoms with Crippen LogP contribution in [-0.2, 0) is 16.1 Å². The van der Waals surface area contributed by atoms with Gasteiger partial charge < -0.3 is 15.3 Å². The number of hydrogen-bond donors (Lipinski definition) is 2. The minimum atomic E-state index is -0.871. The number of aliphatic hydroxyl groups excluding tert-OH is 1. The summed E-state index contributed by atoms with van der Waals surface area (Å²) in [5.74, 6) is -0.343. The van der Waals surface area contributed by atoms with E-state index < -0.39 is 18.2 Å². The van der Waals surface area contributed by atoms with E-state index in [9.17, 15) is 14.7 Å². The molecule has 3 atom stereocenters. The van der Waals surface area contributed by atoms with Gasteiger partial charge in [-0.1, -0.05) is 0 Å². The van der Waals surface area contributed by atoms with E-state index in [0.29, 0.717) is 13.1 Å². The van der Waals surface area contributed by atoms with E-state index in [1.165, 1.54) is 17.4 Å². The van der Waals surface area contributed by atoms with Gasteiger partial charge in [0.05, 0.1) is 6.10 Å². The maximum atomic E-state index is 12.4. The number of carbonyl (C=O) groups excluding carboxylic acids is 2. The molecule has 2 aliphatic rings. The molecule has 22 heavy (non-hydrogen) atoms.